The van der Waals surface area contributed by atoms with Gasteiger partial charge in [-0.3, -0.25) is 19.5 Å². The number of rotatable bonds is 5. The highest BCUT2D eigenvalue weighted by atomic mass is 32.1. The molecule has 0 saturated carbocycles. The van der Waals surface area contributed by atoms with E-state index in [9.17, 15) is 29.5 Å². The zero-order chi connectivity index (χ0) is 24.1. The first kappa shape index (κ1) is 21.3. The van der Waals surface area contributed by atoms with Gasteiger partial charge in [0.05, 0.1) is 26.4 Å². The number of fused-ring (bicyclic) bond motifs is 1. The van der Waals surface area contributed by atoms with Gasteiger partial charge in [-0.05, 0) is 37.3 Å². The SMILES string of the molecule is Cc1ccc(C(=O)c2c(O)c(O)n(-c3nc4ccc(F)cc4s3)c2-c2cccc([N+](=O)[O-])c2)o1. The van der Waals surface area contributed by atoms with Crippen LogP contribution in [0.5, 0.6) is 11.6 Å². The van der Waals surface area contributed by atoms with Gasteiger partial charge in [-0.25, -0.2) is 9.37 Å². The van der Waals surface area contributed by atoms with Crippen LogP contribution in [-0.4, -0.2) is 30.5 Å². The highest BCUT2D eigenvalue weighted by molar-refractivity contribution is 7.20. The first-order valence-corrected chi connectivity index (χ1v) is 10.7. The smallest absolute Gasteiger partial charge is 0.270 e. The van der Waals surface area contributed by atoms with Gasteiger partial charge >= 0.3 is 0 Å². The van der Waals surface area contributed by atoms with Gasteiger partial charge in [0.2, 0.25) is 11.7 Å². The molecular weight excluding hydrogens is 465 g/mol. The first-order chi connectivity index (χ1) is 16.2. The summed E-state index contributed by atoms with van der Waals surface area (Å²) in [6.45, 7) is 1.64. The lowest BCUT2D eigenvalue weighted by atomic mass is 10.0. The second-order valence-corrected chi connectivity index (χ2v) is 8.40. The van der Waals surface area contributed by atoms with Gasteiger partial charge in [0, 0.05) is 17.7 Å². The number of hydrogen-bond donors (Lipinski definition) is 2. The number of furan rings is 1. The van der Waals surface area contributed by atoms with Crippen LogP contribution in [0.3, 0.4) is 0 Å². The number of nitro groups is 1. The summed E-state index contributed by atoms with van der Waals surface area (Å²) in [6, 6.07) is 12.3. The number of thiazole rings is 1. The standard InChI is InChI=1S/C23H14FN3O6S/c1-11-5-8-16(33-11)20(28)18-19(12-3-2-4-14(9-12)27(31)32)26(22(30)21(18)29)23-25-15-7-6-13(24)10-17(15)34-23/h2-10,29-30H,1H3. The van der Waals surface area contributed by atoms with E-state index in [1.165, 1.54) is 48.5 Å². The minimum Gasteiger partial charge on any atom is -0.503 e. The van der Waals surface area contributed by atoms with E-state index in [0.717, 1.165) is 15.9 Å². The molecule has 9 nitrogen and oxygen atoms in total. The summed E-state index contributed by atoms with van der Waals surface area (Å²) in [5.41, 5.74) is -0.0201. The second-order valence-electron chi connectivity index (χ2n) is 7.39. The van der Waals surface area contributed by atoms with Crippen molar-refractivity contribution in [1.29, 1.82) is 0 Å². The molecule has 0 unspecified atom stereocenters. The number of non-ortho nitro benzene ring substituents is 1. The van der Waals surface area contributed by atoms with E-state index in [4.69, 9.17) is 4.42 Å². The molecule has 2 N–H and O–H groups in total. The quantitative estimate of drug-likeness (QED) is 0.197. The number of aromatic hydroxyl groups is 2. The molecule has 0 aliphatic carbocycles. The fourth-order valence-corrected chi connectivity index (χ4v) is 4.65. The number of nitro benzene ring substituents is 1. The Balaban J connectivity index is 1.83. The molecule has 11 heteroatoms. The van der Waals surface area contributed by atoms with Crippen molar-refractivity contribution in [2.45, 2.75) is 6.92 Å². The molecule has 0 amide bonds. The minimum atomic E-state index is -0.744. The molecule has 34 heavy (non-hydrogen) atoms. The van der Waals surface area contributed by atoms with Crippen LogP contribution in [0.25, 0.3) is 26.6 Å². The molecule has 0 bridgehead atoms. The average Bonchev–Trinajstić information content (AvgIpc) is 3.49. The molecule has 5 rings (SSSR count). The van der Waals surface area contributed by atoms with Gasteiger partial charge in [0.1, 0.15) is 11.6 Å². The molecule has 0 aliphatic heterocycles. The van der Waals surface area contributed by atoms with Crippen LogP contribution in [0.4, 0.5) is 10.1 Å². The number of nitrogens with zero attached hydrogens (tertiary/aromatic N) is 3. The molecule has 0 aliphatic rings. The fraction of sp³-hybridized carbons (Fsp3) is 0.0435. The normalized spacial score (nSPS) is 11.2. The third kappa shape index (κ3) is 3.39. The van der Waals surface area contributed by atoms with Crippen molar-refractivity contribution in [2.75, 3.05) is 0 Å². The Bertz CT molecular complexity index is 1620. The van der Waals surface area contributed by atoms with E-state index in [-0.39, 0.29) is 33.4 Å². The zero-order valence-corrected chi connectivity index (χ0v) is 18.2. The monoisotopic (exact) mass is 479 g/mol. The predicted molar refractivity (Wildman–Crippen MR) is 121 cm³/mol. The summed E-state index contributed by atoms with van der Waals surface area (Å²) in [6.07, 6.45) is 0. The van der Waals surface area contributed by atoms with Gasteiger partial charge in [-0.15, -0.1) is 0 Å². The van der Waals surface area contributed by atoms with E-state index in [1.54, 1.807) is 13.0 Å². The molecular formula is C23H14FN3O6S. The molecule has 5 aromatic rings. The molecule has 2 aromatic carbocycles. The third-order valence-corrected chi connectivity index (χ3v) is 6.18. The van der Waals surface area contributed by atoms with Gasteiger partial charge in [0.15, 0.2) is 16.6 Å². The van der Waals surface area contributed by atoms with Crippen molar-refractivity contribution >= 4 is 33.0 Å². The summed E-state index contributed by atoms with van der Waals surface area (Å²) >= 11 is 1.00. The van der Waals surface area contributed by atoms with Crippen LogP contribution in [0.2, 0.25) is 0 Å². The summed E-state index contributed by atoms with van der Waals surface area (Å²) in [4.78, 5) is 28.5. The first-order valence-electron chi connectivity index (χ1n) is 9.83. The van der Waals surface area contributed by atoms with E-state index >= 15 is 0 Å². The van der Waals surface area contributed by atoms with Crippen LogP contribution in [0, 0.1) is 22.9 Å². The molecule has 3 heterocycles. The number of hydrogen-bond acceptors (Lipinski definition) is 8. The van der Waals surface area contributed by atoms with Crippen molar-refractivity contribution in [3.05, 3.63) is 87.6 Å². The van der Waals surface area contributed by atoms with E-state index in [1.807, 2.05) is 0 Å². The van der Waals surface area contributed by atoms with Crippen molar-refractivity contribution in [2.24, 2.45) is 0 Å². The summed E-state index contributed by atoms with van der Waals surface area (Å²) in [7, 11) is 0. The molecule has 0 saturated heterocycles. The Kier molecular flexibility index (Phi) is 4.91. The van der Waals surface area contributed by atoms with Crippen LogP contribution < -0.4 is 0 Å². The molecule has 170 valence electrons. The predicted octanol–water partition coefficient (Wildman–Crippen LogP) is 5.34. The number of benzene rings is 2. The molecule has 0 spiro atoms. The number of ketones is 1. The Morgan fingerprint density at radius 1 is 1.18 bits per heavy atom. The molecule has 0 atom stereocenters. The molecule has 0 fully saturated rings. The number of carbonyl (C=O) groups excluding carboxylic acids is 1. The third-order valence-electron chi connectivity index (χ3n) is 5.17. The van der Waals surface area contributed by atoms with Crippen LogP contribution in [0.1, 0.15) is 21.9 Å². The maximum Gasteiger partial charge on any atom is 0.270 e. The van der Waals surface area contributed by atoms with Crippen LogP contribution in [0.15, 0.2) is 59.0 Å². The number of halogens is 1. The highest BCUT2D eigenvalue weighted by Gasteiger charge is 2.32. The maximum absolute atomic E-state index is 13.7. The van der Waals surface area contributed by atoms with Gasteiger partial charge < -0.3 is 14.6 Å². The van der Waals surface area contributed by atoms with Crippen molar-refractivity contribution in [1.82, 2.24) is 9.55 Å². The lowest BCUT2D eigenvalue weighted by Crippen LogP contribution is -2.04. The summed E-state index contributed by atoms with van der Waals surface area (Å²) in [5, 5.41) is 33.2. The Morgan fingerprint density at radius 3 is 2.68 bits per heavy atom. The zero-order valence-electron chi connectivity index (χ0n) is 17.4. The second kappa shape index (κ2) is 7.81. The van der Waals surface area contributed by atoms with Crippen molar-refractivity contribution in [3.8, 4) is 28.0 Å². The summed E-state index contributed by atoms with van der Waals surface area (Å²) in [5.74, 6) is -2.31. The number of aryl methyl sites for hydroxylation is 1. The Morgan fingerprint density at radius 2 is 1.97 bits per heavy atom. The number of carbonyl (C=O) groups is 1. The summed E-state index contributed by atoms with van der Waals surface area (Å²) < 4.78 is 20.7. The van der Waals surface area contributed by atoms with Crippen molar-refractivity contribution < 1.29 is 28.7 Å². The van der Waals surface area contributed by atoms with Gasteiger partial charge in [-0.2, -0.15) is 0 Å². The maximum atomic E-state index is 13.7. The largest absolute Gasteiger partial charge is 0.503 e. The topological polar surface area (TPSA) is 132 Å². The van der Waals surface area contributed by atoms with Crippen molar-refractivity contribution in [3.63, 3.8) is 0 Å². The van der Waals surface area contributed by atoms with Crippen LogP contribution >= 0.6 is 11.3 Å². The number of aromatic nitrogens is 2. The molecule has 3 aromatic heterocycles. The average molecular weight is 479 g/mol. The molecule has 0 radical (unpaired) electrons. The Hall–Kier alpha value is -4.51. The lowest BCUT2D eigenvalue weighted by molar-refractivity contribution is -0.384. The minimum absolute atomic E-state index is 0.0303. The van der Waals surface area contributed by atoms with E-state index in [2.05, 4.69) is 4.98 Å². The fourth-order valence-electron chi connectivity index (χ4n) is 3.65. The lowest BCUT2D eigenvalue weighted by Gasteiger charge is -2.09. The van der Waals surface area contributed by atoms with Gasteiger partial charge in [-0.1, -0.05) is 23.5 Å². The highest BCUT2D eigenvalue weighted by Crippen LogP contribution is 2.45. The van der Waals surface area contributed by atoms with E-state index in [0.29, 0.717) is 16.0 Å². The Labute approximate surface area is 194 Å². The van der Waals surface area contributed by atoms with Gasteiger partial charge in [0.25, 0.3) is 5.69 Å². The van der Waals surface area contributed by atoms with E-state index < -0.39 is 28.2 Å². The van der Waals surface area contributed by atoms with Crippen LogP contribution in [-0.2, 0) is 0 Å².